The maximum absolute atomic E-state index is 10.7. The Labute approximate surface area is 160 Å². The van der Waals surface area contributed by atoms with Gasteiger partial charge in [0.15, 0.2) is 22.5 Å². The fourth-order valence-corrected chi connectivity index (χ4v) is 2.36. The maximum Gasteiger partial charge on any atom is 0.485 e. The van der Waals surface area contributed by atoms with Crippen molar-refractivity contribution in [2.75, 3.05) is 0 Å². The molecule has 0 aliphatic heterocycles. The molecule has 1 aromatic rings. The molecule has 156 valence electrons. The number of halogens is 3. The molecule has 0 bridgehead atoms. The van der Waals surface area contributed by atoms with Gasteiger partial charge in [-0.1, -0.05) is 64.5 Å². The Morgan fingerprint density at radius 3 is 1.78 bits per heavy atom. The van der Waals surface area contributed by atoms with Crippen molar-refractivity contribution in [2.24, 2.45) is 0 Å². The fraction of sp³-hybridized carbons (Fsp3) is 0.632. The molecule has 0 aromatic carbocycles. The van der Waals surface area contributed by atoms with Crippen LogP contribution in [-0.2, 0) is 16.7 Å². The molecule has 1 rings (SSSR count). The predicted octanol–water partition coefficient (Wildman–Crippen LogP) is 5.20. The van der Waals surface area contributed by atoms with Crippen LogP contribution in [0.3, 0.4) is 0 Å². The quantitative estimate of drug-likeness (QED) is 0.218. The summed E-state index contributed by atoms with van der Waals surface area (Å²) in [7, 11) is -6.09. The molecule has 8 heteroatoms. The summed E-state index contributed by atoms with van der Waals surface area (Å²) < 4.78 is 61.2. The molecule has 0 spiro atoms. The van der Waals surface area contributed by atoms with E-state index in [-0.39, 0.29) is 0 Å². The number of aryl methyl sites for hydroxylation is 1. The van der Waals surface area contributed by atoms with Gasteiger partial charge in [0.2, 0.25) is 0 Å². The summed E-state index contributed by atoms with van der Waals surface area (Å²) in [6, 6.07) is 4.25. The fourth-order valence-electron chi connectivity index (χ4n) is 2.36. The molecule has 4 nitrogen and oxygen atoms in total. The third-order valence-corrected chi connectivity index (χ3v) is 4.52. The van der Waals surface area contributed by atoms with E-state index < -0.39 is 15.6 Å². The van der Waals surface area contributed by atoms with Crippen molar-refractivity contribution in [2.45, 2.75) is 76.8 Å². The summed E-state index contributed by atoms with van der Waals surface area (Å²) in [4.78, 5) is 0. The highest BCUT2D eigenvalue weighted by molar-refractivity contribution is 7.86. The van der Waals surface area contributed by atoms with Crippen LogP contribution in [-0.4, -0.2) is 18.5 Å². The first kappa shape index (κ1) is 25.6. The topological polar surface area (TPSA) is 61.1 Å². The molecule has 0 aliphatic rings. The zero-order chi connectivity index (χ0) is 20.8. The molecule has 0 radical (unpaired) electrons. The third kappa shape index (κ3) is 13.4. The van der Waals surface area contributed by atoms with Crippen molar-refractivity contribution in [1.82, 2.24) is 0 Å². The van der Waals surface area contributed by atoms with E-state index in [1.165, 1.54) is 63.4 Å². The number of nitrogens with zero attached hydrogens (tertiary/aromatic N) is 1. The molecule has 0 atom stereocenters. The number of hydrogen-bond acceptors (Lipinski definition) is 3. The highest BCUT2D eigenvalue weighted by atomic mass is 32.2. The average Bonchev–Trinajstić information content (AvgIpc) is 2.59. The zero-order valence-electron chi connectivity index (χ0n) is 15.9. The van der Waals surface area contributed by atoms with Crippen molar-refractivity contribution in [1.29, 1.82) is 0 Å². The van der Waals surface area contributed by atoms with Crippen LogP contribution in [0.4, 0.5) is 13.2 Å². The van der Waals surface area contributed by atoms with Gasteiger partial charge < -0.3 is 4.55 Å². The van der Waals surface area contributed by atoms with Gasteiger partial charge in [0.25, 0.3) is 0 Å². The molecule has 0 unspecified atom stereocenters. The van der Waals surface area contributed by atoms with Gasteiger partial charge in [-0.15, -0.1) is 0 Å². The van der Waals surface area contributed by atoms with Crippen molar-refractivity contribution < 1.29 is 30.7 Å². The third-order valence-electron chi connectivity index (χ3n) is 3.96. The first-order valence-electron chi connectivity index (χ1n) is 9.25. The number of unbranched alkanes of at least 4 members (excludes halogenated alkanes) is 8. The summed E-state index contributed by atoms with van der Waals surface area (Å²) in [5.74, 6) is 0. The van der Waals surface area contributed by atoms with Gasteiger partial charge in [0.05, 0.1) is 0 Å². The Kier molecular flexibility index (Phi) is 13.0. The lowest BCUT2D eigenvalue weighted by atomic mass is 10.1. The van der Waals surface area contributed by atoms with Gasteiger partial charge in [-0.3, -0.25) is 0 Å². The Morgan fingerprint density at radius 2 is 1.41 bits per heavy atom. The minimum Gasteiger partial charge on any atom is -0.741 e. The Bertz CT molecular complexity index is 614. The molecular formula is C19H30F3NO3S. The lowest BCUT2D eigenvalue weighted by Crippen LogP contribution is -2.32. The molecule has 0 amide bonds. The minimum atomic E-state index is -6.09. The summed E-state index contributed by atoms with van der Waals surface area (Å²) in [6.45, 7) is 7.20. The van der Waals surface area contributed by atoms with E-state index in [1.54, 1.807) is 0 Å². The van der Waals surface area contributed by atoms with E-state index in [0.717, 1.165) is 6.54 Å². The van der Waals surface area contributed by atoms with E-state index in [9.17, 15) is 13.2 Å². The van der Waals surface area contributed by atoms with Crippen molar-refractivity contribution >= 4 is 16.2 Å². The lowest BCUT2D eigenvalue weighted by Gasteiger charge is -2.08. The van der Waals surface area contributed by atoms with E-state index in [4.69, 9.17) is 13.0 Å². The second kappa shape index (κ2) is 13.7. The van der Waals surface area contributed by atoms with Crippen LogP contribution in [0.5, 0.6) is 0 Å². The van der Waals surface area contributed by atoms with Gasteiger partial charge >= 0.3 is 5.51 Å². The second-order valence-electron chi connectivity index (χ2n) is 6.30. The minimum absolute atomic E-state index is 1.15. The largest absolute Gasteiger partial charge is 0.741 e. The second-order valence-corrected chi connectivity index (χ2v) is 7.67. The standard InChI is InChI=1S/C18H30N.CHF3O3S/c1-3-5-6-7-8-9-10-11-12-15-19-16-13-18(4-2)14-17-19;2-1(3,4)8(5,6)7/h4,13-14,16-17H,2-3,5-12,15H2,1H3;(H,5,6,7)/q+1;/p-1. The van der Waals surface area contributed by atoms with Crippen LogP contribution >= 0.6 is 0 Å². The molecule has 0 N–H and O–H groups in total. The van der Waals surface area contributed by atoms with Gasteiger partial charge in [-0.25, -0.2) is 13.0 Å². The predicted molar refractivity (Wildman–Crippen MR) is 99.7 cm³/mol. The number of aromatic nitrogens is 1. The Hall–Kier alpha value is -1.41. The van der Waals surface area contributed by atoms with Crippen LogP contribution < -0.4 is 4.57 Å². The van der Waals surface area contributed by atoms with Gasteiger partial charge in [-0.2, -0.15) is 13.2 Å². The van der Waals surface area contributed by atoms with Crippen molar-refractivity contribution in [3.05, 3.63) is 36.7 Å². The van der Waals surface area contributed by atoms with E-state index in [1.807, 2.05) is 6.08 Å². The van der Waals surface area contributed by atoms with Crippen LogP contribution in [0.2, 0.25) is 0 Å². The SMILES string of the molecule is C=Cc1cc[n+](CCCCCCCCCCC)cc1.O=S(=O)([O-])C(F)(F)F. The normalized spacial score (nSPS) is 11.6. The smallest absolute Gasteiger partial charge is 0.485 e. The highest BCUT2D eigenvalue weighted by Gasteiger charge is 2.36. The Morgan fingerprint density at radius 1 is 1.00 bits per heavy atom. The monoisotopic (exact) mass is 409 g/mol. The summed E-state index contributed by atoms with van der Waals surface area (Å²) >= 11 is 0. The molecule has 0 saturated carbocycles. The molecule has 0 fully saturated rings. The number of hydrogen-bond donors (Lipinski definition) is 0. The van der Waals surface area contributed by atoms with E-state index in [0.29, 0.717) is 0 Å². The lowest BCUT2D eigenvalue weighted by molar-refractivity contribution is -0.697. The summed E-state index contributed by atoms with van der Waals surface area (Å²) in [5.41, 5.74) is -4.45. The molecule has 1 heterocycles. The Balaban J connectivity index is 0.000000713. The van der Waals surface area contributed by atoms with Crippen LogP contribution in [0, 0.1) is 0 Å². The van der Waals surface area contributed by atoms with Crippen LogP contribution in [0.15, 0.2) is 31.1 Å². The van der Waals surface area contributed by atoms with E-state index >= 15 is 0 Å². The van der Waals surface area contributed by atoms with E-state index in [2.05, 4.69) is 42.6 Å². The summed E-state index contributed by atoms with van der Waals surface area (Å²) in [5, 5.41) is 0. The van der Waals surface area contributed by atoms with Gasteiger partial charge in [-0.05, 0) is 12.0 Å². The molecule has 0 aliphatic carbocycles. The first-order valence-corrected chi connectivity index (χ1v) is 10.7. The number of pyridine rings is 1. The molecule has 27 heavy (non-hydrogen) atoms. The van der Waals surface area contributed by atoms with Crippen molar-refractivity contribution in [3.8, 4) is 0 Å². The maximum atomic E-state index is 10.7. The molecule has 1 aromatic heterocycles. The molecular weight excluding hydrogens is 379 g/mol. The van der Waals surface area contributed by atoms with Crippen LogP contribution in [0.1, 0.15) is 70.3 Å². The van der Waals surface area contributed by atoms with Gasteiger partial charge in [0, 0.05) is 18.6 Å². The number of rotatable bonds is 11. The van der Waals surface area contributed by atoms with Gasteiger partial charge in [0.1, 0.15) is 6.54 Å². The average molecular weight is 410 g/mol. The molecule has 0 saturated heterocycles. The van der Waals surface area contributed by atoms with Crippen molar-refractivity contribution in [3.63, 3.8) is 0 Å². The summed E-state index contributed by atoms with van der Waals surface area (Å²) in [6.07, 6.45) is 18.7. The highest BCUT2D eigenvalue weighted by Crippen LogP contribution is 2.20. The zero-order valence-corrected chi connectivity index (χ0v) is 16.7. The van der Waals surface area contributed by atoms with Crippen LogP contribution in [0.25, 0.3) is 6.08 Å². The number of alkyl halides is 3. The first-order chi connectivity index (χ1) is 12.6.